The number of anilines is 1. The molecule has 0 spiro atoms. The van der Waals surface area contributed by atoms with Crippen LogP contribution in [-0.2, 0) is 4.79 Å². The molecular formula is C16H22N2O3. The van der Waals surface area contributed by atoms with Crippen LogP contribution in [0.1, 0.15) is 31.2 Å². The van der Waals surface area contributed by atoms with Crippen LogP contribution < -0.4 is 4.90 Å². The molecule has 1 atom stereocenters. The average molecular weight is 290 g/mol. The first-order valence-corrected chi connectivity index (χ1v) is 7.32. The molecule has 5 nitrogen and oxygen atoms in total. The lowest BCUT2D eigenvalue weighted by Crippen LogP contribution is -2.50. The van der Waals surface area contributed by atoms with Crippen LogP contribution in [0.15, 0.2) is 24.3 Å². The molecule has 1 heterocycles. The number of carboxylic acid groups (broad SMARTS) is 1. The van der Waals surface area contributed by atoms with Gasteiger partial charge in [0.15, 0.2) is 0 Å². The van der Waals surface area contributed by atoms with Gasteiger partial charge in [-0.25, -0.2) is 4.79 Å². The van der Waals surface area contributed by atoms with Gasteiger partial charge in [0.1, 0.15) is 0 Å². The van der Waals surface area contributed by atoms with Crippen molar-refractivity contribution < 1.29 is 14.7 Å². The molecule has 1 aromatic rings. The molecule has 2 amide bonds. The monoisotopic (exact) mass is 290 g/mol. The Kier molecular flexibility index (Phi) is 4.83. The summed E-state index contributed by atoms with van der Waals surface area (Å²) in [6.45, 7) is 2.59. The Balaban J connectivity index is 2.16. The number of benzene rings is 1. The van der Waals surface area contributed by atoms with E-state index in [4.69, 9.17) is 5.11 Å². The average Bonchev–Trinajstić information content (AvgIpc) is 2.46. The minimum atomic E-state index is -0.849. The number of hydrogen-bond acceptors (Lipinski definition) is 2. The number of amides is 2. The first-order chi connectivity index (χ1) is 10.0. The topological polar surface area (TPSA) is 60.9 Å². The first-order valence-electron chi connectivity index (χ1n) is 7.32. The number of aryl methyl sites for hydroxylation is 1. The van der Waals surface area contributed by atoms with Gasteiger partial charge in [0.05, 0.1) is 6.42 Å². The van der Waals surface area contributed by atoms with E-state index in [1.165, 1.54) is 0 Å². The number of aliphatic carboxylic acids is 1. The molecular weight excluding hydrogens is 268 g/mol. The highest BCUT2D eigenvalue weighted by atomic mass is 16.4. The Labute approximate surface area is 125 Å². The molecule has 1 aliphatic heterocycles. The summed E-state index contributed by atoms with van der Waals surface area (Å²) in [5, 5.41) is 9.01. The molecule has 1 fully saturated rings. The van der Waals surface area contributed by atoms with Gasteiger partial charge in [-0.2, -0.15) is 0 Å². The van der Waals surface area contributed by atoms with E-state index in [0.717, 1.165) is 30.5 Å². The van der Waals surface area contributed by atoms with Crippen LogP contribution in [0.3, 0.4) is 0 Å². The van der Waals surface area contributed by atoms with Crippen LogP contribution in [0.2, 0.25) is 0 Å². The van der Waals surface area contributed by atoms with E-state index in [2.05, 4.69) is 0 Å². The van der Waals surface area contributed by atoms with Crippen LogP contribution in [-0.4, -0.2) is 41.6 Å². The van der Waals surface area contributed by atoms with Crippen molar-refractivity contribution >= 4 is 17.7 Å². The van der Waals surface area contributed by atoms with Gasteiger partial charge < -0.3 is 10.0 Å². The first kappa shape index (κ1) is 15.4. The second-order valence-electron chi connectivity index (χ2n) is 5.57. The van der Waals surface area contributed by atoms with Crippen LogP contribution >= 0.6 is 0 Å². The fourth-order valence-corrected chi connectivity index (χ4v) is 2.90. The molecule has 21 heavy (non-hydrogen) atoms. The Morgan fingerprint density at radius 2 is 2.05 bits per heavy atom. The van der Waals surface area contributed by atoms with Gasteiger partial charge in [-0.1, -0.05) is 18.2 Å². The summed E-state index contributed by atoms with van der Waals surface area (Å²) >= 11 is 0. The highest BCUT2D eigenvalue weighted by Crippen LogP contribution is 2.24. The van der Waals surface area contributed by atoms with Crippen molar-refractivity contribution in [3.8, 4) is 0 Å². The molecule has 114 valence electrons. The number of urea groups is 1. The van der Waals surface area contributed by atoms with E-state index < -0.39 is 5.97 Å². The number of para-hydroxylation sites is 1. The van der Waals surface area contributed by atoms with Crippen molar-refractivity contribution in [2.75, 3.05) is 18.5 Å². The summed E-state index contributed by atoms with van der Waals surface area (Å²) in [6, 6.07) is 7.39. The molecule has 0 bridgehead atoms. The highest BCUT2D eigenvalue weighted by molar-refractivity contribution is 5.92. The van der Waals surface area contributed by atoms with E-state index in [1.54, 1.807) is 16.8 Å². The zero-order valence-corrected chi connectivity index (χ0v) is 12.6. The molecule has 2 rings (SSSR count). The Bertz CT molecular complexity index is 530. The second-order valence-corrected chi connectivity index (χ2v) is 5.57. The summed E-state index contributed by atoms with van der Waals surface area (Å²) in [5.41, 5.74) is 1.89. The molecule has 0 saturated carbocycles. The minimum Gasteiger partial charge on any atom is -0.481 e. The molecule has 5 heteroatoms. The summed E-state index contributed by atoms with van der Waals surface area (Å²) in [6.07, 6.45) is 2.70. The Morgan fingerprint density at radius 1 is 1.33 bits per heavy atom. The fraction of sp³-hybridized carbons (Fsp3) is 0.500. The standard InChI is InChI=1S/C16H22N2O3/c1-12-7-3-4-9-14(12)17(2)16(21)18-10-6-5-8-13(18)11-15(19)20/h3-4,7,9,13H,5-6,8,10-11H2,1-2H3,(H,19,20). The zero-order valence-electron chi connectivity index (χ0n) is 12.6. The predicted molar refractivity (Wildman–Crippen MR) is 81.6 cm³/mol. The third-order valence-corrected chi connectivity index (χ3v) is 4.05. The molecule has 1 N–H and O–H groups in total. The number of carboxylic acids is 1. The lowest BCUT2D eigenvalue weighted by molar-refractivity contribution is -0.138. The third kappa shape index (κ3) is 3.54. The molecule has 0 aromatic heterocycles. The van der Waals surface area contributed by atoms with Crippen LogP contribution in [0, 0.1) is 6.92 Å². The van der Waals surface area contributed by atoms with Crippen LogP contribution in [0.25, 0.3) is 0 Å². The van der Waals surface area contributed by atoms with E-state index >= 15 is 0 Å². The number of rotatable bonds is 3. The Hall–Kier alpha value is -2.04. The largest absolute Gasteiger partial charge is 0.481 e. The fourth-order valence-electron chi connectivity index (χ4n) is 2.90. The number of nitrogens with zero attached hydrogens (tertiary/aromatic N) is 2. The maximum atomic E-state index is 12.7. The normalized spacial score (nSPS) is 18.4. The van der Waals surface area contributed by atoms with E-state index in [-0.39, 0.29) is 18.5 Å². The molecule has 1 aromatic carbocycles. The molecule has 1 aliphatic rings. The van der Waals surface area contributed by atoms with E-state index in [0.29, 0.717) is 6.54 Å². The number of likely N-dealkylation sites (tertiary alicyclic amines) is 1. The van der Waals surface area contributed by atoms with Crippen molar-refractivity contribution in [2.45, 2.75) is 38.6 Å². The van der Waals surface area contributed by atoms with Gasteiger partial charge in [0, 0.05) is 25.3 Å². The lowest BCUT2D eigenvalue weighted by atomic mass is 10.00. The van der Waals surface area contributed by atoms with Gasteiger partial charge in [0.2, 0.25) is 0 Å². The predicted octanol–water partition coefficient (Wildman–Crippen LogP) is 2.88. The highest BCUT2D eigenvalue weighted by Gasteiger charge is 2.30. The van der Waals surface area contributed by atoms with E-state index in [1.807, 2.05) is 31.2 Å². The maximum absolute atomic E-state index is 12.7. The summed E-state index contributed by atoms with van der Waals surface area (Å²) in [5.74, 6) is -0.849. The molecule has 1 unspecified atom stereocenters. The molecule has 0 radical (unpaired) electrons. The SMILES string of the molecule is Cc1ccccc1N(C)C(=O)N1CCCCC1CC(=O)O. The summed E-state index contributed by atoms with van der Waals surface area (Å²) in [4.78, 5) is 27.0. The van der Waals surface area contributed by atoms with Crippen molar-refractivity contribution in [2.24, 2.45) is 0 Å². The van der Waals surface area contributed by atoms with Crippen molar-refractivity contribution in [1.29, 1.82) is 0 Å². The van der Waals surface area contributed by atoms with Gasteiger partial charge in [-0.3, -0.25) is 9.69 Å². The zero-order chi connectivity index (χ0) is 15.4. The smallest absolute Gasteiger partial charge is 0.324 e. The van der Waals surface area contributed by atoms with Gasteiger partial charge in [-0.05, 0) is 37.8 Å². The van der Waals surface area contributed by atoms with Crippen molar-refractivity contribution in [3.63, 3.8) is 0 Å². The van der Waals surface area contributed by atoms with E-state index in [9.17, 15) is 9.59 Å². The van der Waals surface area contributed by atoms with Gasteiger partial charge in [-0.15, -0.1) is 0 Å². The quantitative estimate of drug-likeness (QED) is 0.931. The van der Waals surface area contributed by atoms with Gasteiger partial charge in [0.25, 0.3) is 0 Å². The van der Waals surface area contributed by atoms with Crippen LogP contribution in [0.5, 0.6) is 0 Å². The number of piperidine rings is 1. The number of carbonyl (C=O) groups is 2. The molecule has 0 aliphatic carbocycles. The number of carbonyl (C=O) groups excluding carboxylic acids is 1. The summed E-state index contributed by atoms with van der Waals surface area (Å²) < 4.78 is 0. The summed E-state index contributed by atoms with van der Waals surface area (Å²) in [7, 11) is 1.75. The minimum absolute atomic E-state index is 0.0212. The van der Waals surface area contributed by atoms with Crippen LogP contribution in [0.4, 0.5) is 10.5 Å². The van der Waals surface area contributed by atoms with Gasteiger partial charge >= 0.3 is 12.0 Å². The Morgan fingerprint density at radius 3 is 2.71 bits per heavy atom. The molecule has 1 saturated heterocycles. The third-order valence-electron chi connectivity index (χ3n) is 4.05. The van der Waals surface area contributed by atoms with Crippen molar-refractivity contribution in [3.05, 3.63) is 29.8 Å². The lowest BCUT2D eigenvalue weighted by Gasteiger charge is -2.37. The maximum Gasteiger partial charge on any atom is 0.324 e. The second kappa shape index (κ2) is 6.61. The van der Waals surface area contributed by atoms with Crippen molar-refractivity contribution in [1.82, 2.24) is 4.90 Å². The number of hydrogen-bond donors (Lipinski definition) is 1.